The van der Waals surface area contributed by atoms with Gasteiger partial charge in [-0.25, -0.2) is 0 Å². The van der Waals surface area contributed by atoms with E-state index in [1.54, 1.807) is 0 Å². The maximum atomic E-state index is 9.07. The Hall–Kier alpha value is -1.01. The Kier molecular flexibility index (Phi) is 4.16. The first-order valence-corrected chi connectivity index (χ1v) is 5.85. The van der Waals surface area contributed by atoms with Gasteiger partial charge in [0.1, 0.15) is 6.07 Å². The van der Waals surface area contributed by atoms with E-state index in [1.165, 1.54) is 0 Å². The molecule has 0 aliphatic carbocycles. The second-order valence-electron chi connectivity index (χ2n) is 3.65. The molecule has 0 radical (unpaired) electrons. The topological polar surface area (TPSA) is 27.0 Å². The van der Waals surface area contributed by atoms with Crippen LogP contribution in [-0.2, 0) is 0 Å². The summed E-state index contributed by atoms with van der Waals surface area (Å²) in [6.45, 7) is 7.27. The van der Waals surface area contributed by atoms with Crippen LogP contribution in [0.2, 0.25) is 0 Å². The number of nitrogens with zero attached hydrogens (tertiary/aromatic N) is 2. The lowest BCUT2D eigenvalue weighted by Gasteiger charge is -2.28. The zero-order chi connectivity index (χ0) is 11.4. The van der Waals surface area contributed by atoms with Crippen molar-refractivity contribution in [2.75, 3.05) is 11.4 Å². The lowest BCUT2D eigenvalue weighted by atomic mass is 10.1. The average Bonchev–Trinajstić information content (AvgIpc) is 2.20. The van der Waals surface area contributed by atoms with Gasteiger partial charge in [0.25, 0.3) is 0 Å². The van der Waals surface area contributed by atoms with Crippen LogP contribution in [0.1, 0.15) is 26.3 Å². The minimum absolute atomic E-state index is 0.406. The number of anilines is 1. The minimum atomic E-state index is 0.406. The molecule has 0 N–H and O–H groups in total. The normalized spacial score (nSPS) is 10.1. The second-order valence-corrected chi connectivity index (χ2v) is 4.57. The largest absolute Gasteiger partial charge is 0.368 e. The van der Waals surface area contributed by atoms with E-state index in [-0.39, 0.29) is 0 Å². The fourth-order valence-electron chi connectivity index (χ4n) is 1.66. The SMILES string of the molecule is CCN(c1ccc(Br)cc1C#N)C(C)C. The molecule has 1 aromatic carbocycles. The molecule has 0 saturated heterocycles. The zero-order valence-corrected chi connectivity index (χ0v) is 10.9. The van der Waals surface area contributed by atoms with Crippen LogP contribution >= 0.6 is 15.9 Å². The molecule has 0 aromatic heterocycles. The summed E-state index contributed by atoms with van der Waals surface area (Å²) < 4.78 is 0.947. The Bertz CT molecular complexity index is 380. The second kappa shape index (κ2) is 5.18. The first kappa shape index (κ1) is 12.1. The molecule has 0 bridgehead atoms. The van der Waals surface area contributed by atoms with Gasteiger partial charge in [-0.2, -0.15) is 5.26 Å². The predicted octanol–water partition coefficient (Wildman–Crippen LogP) is 3.56. The summed E-state index contributed by atoms with van der Waals surface area (Å²) >= 11 is 3.38. The number of hydrogen-bond donors (Lipinski definition) is 0. The number of halogens is 1. The Balaban J connectivity index is 3.18. The van der Waals surface area contributed by atoms with Crippen LogP contribution in [0.15, 0.2) is 22.7 Å². The van der Waals surface area contributed by atoms with Crippen LogP contribution in [0.5, 0.6) is 0 Å². The van der Waals surface area contributed by atoms with Crippen molar-refractivity contribution in [2.24, 2.45) is 0 Å². The summed E-state index contributed by atoms with van der Waals surface area (Å²) in [5, 5.41) is 9.07. The quantitative estimate of drug-likeness (QED) is 0.837. The molecule has 0 aliphatic heterocycles. The molecule has 3 heteroatoms. The van der Waals surface area contributed by atoms with E-state index in [0.29, 0.717) is 6.04 Å². The highest BCUT2D eigenvalue weighted by atomic mass is 79.9. The lowest BCUT2D eigenvalue weighted by molar-refractivity contribution is 0.703. The summed E-state index contributed by atoms with van der Waals surface area (Å²) in [7, 11) is 0. The molecule has 0 atom stereocenters. The molecule has 80 valence electrons. The van der Waals surface area contributed by atoms with Gasteiger partial charge in [0, 0.05) is 17.1 Å². The van der Waals surface area contributed by atoms with E-state index >= 15 is 0 Å². The Morgan fingerprint density at radius 1 is 1.47 bits per heavy atom. The van der Waals surface area contributed by atoms with E-state index in [1.807, 2.05) is 18.2 Å². The van der Waals surface area contributed by atoms with Crippen LogP contribution < -0.4 is 4.90 Å². The summed E-state index contributed by atoms with van der Waals surface area (Å²) in [5.41, 5.74) is 1.73. The van der Waals surface area contributed by atoms with Gasteiger partial charge in [0.15, 0.2) is 0 Å². The van der Waals surface area contributed by atoms with E-state index in [2.05, 4.69) is 47.7 Å². The van der Waals surface area contributed by atoms with E-state index in [0.717, 1.165) is 22.3 Å². The van der Waals surface area contributed by atoms with Crippen LogP contribution in [0, 0.1) is 11.3 Å². The molecule has 0 saturated carbocycles. The fraction of sp³-hybridized carbons (Fsp3) is 0.417. The molecule has 2 nitrogen and oxygen atoms in total. The highest BCUT2D eigenvalue weighted by Crippen LogP contribution is 2.25. The fourth-order valence-corrected chi connectivity index (χ4v) is 2.02. The molecule has 1 rings (SSSR count). The number of rotatable bonds is 3. The number of nitriles is 1. The Morgan fingerprint density at radius 3 is 2.60 bits per heavy atom. The standard InChI is InChI=1S/C12H15BrN2/c1-4-15(9(2)3)12-6-5-11(13)7-10(12)8-14/h5-7,9H,4H2,1-3H3. The van der Waals surface area contributed by atoms with Crippen molar-refractivity contribution in [3.63, 3.8) is 0 Å². The van der Waals surface area contributed by atoms with Crippen LogP contribution in [0.4, 0.5) is 5.69 Å². The highest BCUT2D eigenvalue weighted by Gasteiger charge is 2.12. The summed E-state index contributed by atoms with van der Waals surface area (Å²) in [6.07, 6.45) is 0. The number of benzene rings is 1. The van der Waals surface area contributed by atoms with Crippen LogP contribution in [-0.4, -0.2) is 12.6 Å². The van der Waals surface area contributed by atoms with Gasteiger partial charge in [-0.15, -0.1) is 0 Å². The lowest BCUT2D eigenvalue weighted by Crippen LogP contribution is -2.30. The number of hydrogen-bond acceptors (Lipinski definition) is 2. The van der Waals surface area contributed by atoms with Crippen LogP contribution in [0.25, 0.3) is 0 Å². The molecule has 0 amide bonds. The molecular weight excluding hydrogens is 252 g/mol. The van der Waals surface area contributed by atoms with Crippen molar-refractivity contribution in [3.8, 4) is 6.07 Å². The first-order chi connectivity index (χ1) is 7.10. The van der Waals surface area contributed by atoms with Crippen molar-refractivity contribution in [1.29, 1.82) is 5.26 Å². The van der Waals surface area contributed by atoms with Gasteiger partial charge in [-0.3, -0.25) is 0 Å². The van der Waals surface area contributed by atoms with Gasteiger partial charge < -0.3 is 4.90 Å². The summed E-state index contributed by atoms with van der Waals surface area (Å²) in [5.74, 6) is 0. The van der Waals surface area contributed by atoms with Crippen molar-refractivity contribution in [2.45, 2.75) is 26.8 Å². The van der Waals surface area contributed by atoms with Crippen LogP contribution in [0.3, 0.4) is 0 Å². The smallest absolute Gasteiger partial charge is 0.101 e. The minimum Gasteiger partial charge on any atom is -0.368 e. The third kappa shape index (κ3) is 2.73. The third-order valence-corrected chi connectivity index (χ3v) is 2.85. The van der Waals surface area contributed by atoms with Gasteiger partial charge in [-0.1, -0.05) is 15.9 Å². The Morgan fingerprint density at radius 2 is 2.13 bits per heavy atom. The predicted molar refractivity (Wildman–Crippen MR) is 67.0 cm³/mol. The molecule has 0 spiro atoms. The molecule has 1 aromatic rings. The van der Waals surface area contributed by atoms with Crippen molar-refractivity contribution in [1.82, 2.24) is 0 Å². The Labute approximate surface area is 99.6 Å². The average molecular weight is 267 g/mol. The molecule has 0 fully saturated rings. The van der Waals surface area contributed by atoms with E-state index in [4.69, 9.17) is 5.26 Å². The monoisotopic (exact) mass is 266 g/mol. The highest BCUT2D eigenvalue weighted by molar-refractivity contribution is 9.10. The van der Waals surface area contributed by atoms with Crippen molar-refractivity contribution in [3.05, 3.63) is 28.2 Å². The molecule has 0 aliphatic rings. The van der Waals surface area contributed by atoms with E-state index in [9.17, 15) is 0 Å². The van der Waals surface area contributed by atoms with Crippen molar-refractivity contribution >= 4 is 21.6 Å². The zero-order valence-electron chi connectivity index (χ0n) is 9.29. The molecule has 0 heterocycles. The maximum Gasteiger partial charge on any atom is 0.101 e. The molecule has 0 unspecified atom stereocenters. The van der Waals surface area contributed by atoms with Gasteiger partial charge in [0.05, 0.1) is 11.3 Å². The van der Waals surface area contributed by atoms with Gasteiger partial charge in [-0.05, 0) is 39.0 Å². The molecule has 15 heavy (non-hydrogen) atoms. The van der Waals surface area contributed by atoms with Gasteiger partial charge in [0.2, 0.25) is 0 Å². The van der Waals surface area contributed by atoms with Crippen molar-refractivity contribution < 1.29 is 0 Å². The van der Waals surface area contributed by atoms with E-state index < -0.39 is 0 Å². The summed E-state index contributed by atoms with van der Waals surface area (Å²) in [4.78, 5) is 2.21. The first-order valence-electron chi connectivity index (χ1n) is 5.06. The van der Waals surface area contributed by atoms with Gasteiger partial charge >= 0.3 is 0 Å². The maximum absolute atomic E-state index is 9.07. The summed E-state index contributed by atoms with van der Waals surface area (Å²) in [6, 6.07) is 8.47. The third-order valence-electron chi connectivity index (χ3n) is 2.35. The molecular formula is C12H15BrN2.